The summed E-state index contributed by atoms with van der Waals surface area (Å²) in [4.78, 5) is 37.3. The summed E-state index contributed by atoms with van der Waals surface area (Å²) in [6.07, 6.45) is 1.21. The molecule has 1 aromatic heterocycles. The molecule has 0 spiro atoms. The monoisotopic (exact) mass is 426 g/mol. The van der Waals surface area contributed by atoms with Gasteiger partial charge in [-0.1, -0.05) is 12.2 Å². The molecule has 1 aliphatic heterocycles. The summed E-state index contributed by atoms with van der Waals surface area (Å²) in [6, 6.07) is 6.39. The minimum atomic E-state index is -1.05. The Balaban J connectivity index is 2.23. The van der Waals surface area contributed by atoms with E-state index in [9.17, 15) is 14.4 Å². The van der Waals surface area contributed by atoms with Crippen molar-refractivity contribution in [3.8, 4) is 5.75 Å². The molecule has 0 amide bonds. The first kappa shape index (κ1) is 22.3. The van der Waals surface area contributed by atoms with Crippen LogP contribution in [0.5, 0.6) is 5.75 Å². The van der Waals surface area contributed by atoms with Crippen LogP contribution in [0.25, 0.3) is 11.0 Å². The third kappa shape index (κ3) is 4.26. The third-order valence-corrected chi connectivity index (χ3v) is 5.38. The summed E-state index contributed by atoms with van der Waals surface area (Å²) >= 11 is 0. The SMILES string of the molecule is C/C=C(/C)C(=O)O[C@@H]1c2c(ccc3ccc(=O)oc23)OC(C)(C)[C@H]1OC(=O)/C(C)=C\C. The lowest BCUT2D eigenvalue weighted by Gasteiger charge is -2.43. The van der Waals surface area contributed by atoms with Gasteiger partial charge in [-0.3, -0.25) is 0 Å². The Morgan fingerprint density at radius 3 is 2.16 bits per heavy atom. The van der Waals surface area contributed by atoms with Crippen LogP contribution in [0, 0.1) is 0 Å². The van der Waals surface area contributed by atoms with E-state index in [2.05, 4.69) is 0 Å². The van der Waals surface area contributed by atoms with Crippen LogP contribution in [-0.2, 0) is 19.1 Å². The smallest absolute Gasteiger partial charge is 0.336 e. The maximum Gasteiger partial charge on any atom is 0.336 e. The number of esters is 2. The predicted octanol–water partition coefficient (Wildman–Crippen LogP) is 4.39. The van der Waals surface area contributed by atoms with Crippen LogP contribution >= 0.6 is 0 Å². The number of allylic oxidation sites excluding steroid dienone is 2. The second-order valence-corrected chi connectivity index (χ2v) is 7.95. The largest absolute Gasteiger partial charge is 0.483 e. The van der Waals surface area contributed by atoms with Crippen LogP contribution in [-0.4, -0.2) is 23.6 Å². The Labute approximate surface area is 180 Å². The van der Waals surface area contributed by atoms with Gasteiger partial charge in [-0.25, -0.2) is 14.4 Å². The van der Waals surface area contributed by atoms with E-state index in [1.807, 2.05) is 0 Å². The van der Waals surface area contributed by atoms with E-state index in [0.717, 1.165) is 0 Å². The number of fused-ring (bicyclic) bond motifs is 3. The summed E-state index contributed by atoms with van der Waals surface area (Å²) in [6.45, 7) is 10.2. The number of rotatable bonds is 4. The lowest BCUT2D eigenvalue weighted by atomic mass is 9.87. The van der Waals surface area contributed by atoms with Crippen LogP contribution in [0.4, 0.5) is 0 Å². The van der Waals surface area contributed by atoms with Gasteiger partial charge in [-0.15, -0.1) is 0 Å². The van der Waals surface area contributed by atoms with Gasteiger partial charge in [0.15, 0.2) is 12.2 Å². The maximum atomic E-state index is 12.7. The Morgan fingerprint density at radius 1 is 0.968 bits per heavy atom. The van der Waals surface area contributed by atoms with Crippen molar-refractivity contribution < 1.29 is 28.2 Å². The van der Waals surface area contributed by atoms with E-state index in [1.54, 1.807) is 71.9 Å². The Kier molecular flexibility index (Phi) is 6.06. The van der Waals surface area contributed by atoms with Crippen LogP contribution in [0.1, 0.15) is 53.2 Å². The van der Waals surface area contributed by atoms with E-state index in [1.165, 1.54) is 6.07 Å². The molecule has 0 bridgehead atoms. The Bertz CT molecular complexity index is 1150. The van der Waals surface area contributed by atoms with Crippen molar-refractivity contribution >= 4 is 22.9 Å². The fourth-order valence-electron chi connectivity index (χ4n) is 3.33. The molecule has 31 heavy (non-hydrogen) atoms. The van der Waals surface area contributed by atoms with Gasteiger partial charge in [0, 0.05) is 22.6 Å². The molecular formula is C24H26O7. The summed E-state index contributed by atoms with van der Waals surface area (Å²) in [5.41, 5.74) is -0.224. The van der Waals surface area contributed by atoms with Crippen molar-refractivity contribution in [1.82, 2.24) is 0 Å². The number of carbonyl (C=O) groups excluding carboxylic acids is 2. The van der Waals surface area contributed by atoms with Gasteiger partial charge in [0.2, 0.25) is 0 Å². The van der Waals surface area contributed by atoms with Gasteiger partial charge in [0.05, 0.1) is 5.56 Å². The van der Waals surface area contributed by atoms with E-state index in [0.29, 0.717) is 27.8 Å². The summed E-state index contributed by atoms with van der Waals surface area (Å²) < 4.78 is 23.2. The average Bonchev–Trinajstić information content (AvgIpc) is 2.73. The molecule has 0 aliphatic carbocycles. The highest BCUT2D eigenvalue weighted by atomic mass is 16.6. The molecule has 0 unspecified atom stereocenters. The lowest BCUT2D eigenvalue weighted by molar-refractivity contribution is -0.185. The third-order valence-electron chi connectivity index (χ3n) is 5.38. The molecule has 1 aliphatic rings. The molecule has 2 heterocycles. The van der Waals surface area contributed by atoms with E-state index in [4.69, 9.17) is 18.6 Å². The molecule has 0 N–H and O–H groups in total. The van der Waals surface area contributed by atoms with E-state index in [-0.39, 0.29) is 5.58 Å². The number of ether oxygens (including phenoxy) is 3. The summed E-state index contributed by atoms with van der Waals surface area (Å²) in [5.74, 6) is -0.744. The minimum Gasteiger partial charge on any atom is -0.483 e. The van der Waals surface area contributed by atoms with Crippen molar-refractivity contribution in [1.29, 1.82) is 0 Å². The zero-order valence-corrected chi connectivity index (χ0v) is 18.5. The second-order valence-electron chi connectivity index (χ2n) is 7.95. The van der Waals surface area contributed by atoms with E-state index < -0.39 is 35.4 Å². The average molecular weight is 426 g/mol. The summed E-state index contributed by atoms with van der Waals surface area (Å²) in [7, 11) is 0. The van der Waals surface area contributed by atoms with Crippen LogP contribution in [0.3, 0.4) is 0 Å². The first-order chi connectivity index (χ1) is 14.6. The van der Waals surface area contributed by atoms with Crippen LogP contribution < -0.4 is 10.4 Å². The first-order valence-electron chi connectivity index (χ1n) is 10.0. The van der Waals surface area contributed by atoms with Crippen molar-refractivity contribution in [2.75, 3.05) is 0 Å². The topological polar surface area (TPSA) is 92.0 Å². The fourth-order valence-corrected chi connectivity index (χ4v) is 3.33. The zero-order valence-electron chi connectivity index (χ0n) is 18.5. The molecular weight excluding hydrogens is 400 g/mol. The quantitative estimate of drug-likeness (QED) is 0.407. The van der Waals surface area contributed by atoms with Gasteiger partial charge in [-0.2, -0.15) is 0 Å². The van der Waals surface area contributed by atoms with Crippen molar-refractivity contribution in [3.05, 3.63) is 63.5 Å². The molecule has 1 aromatic carbocycles. The lowest BCUT2D eigenvalue weighted by Crippen LogP contribution is -2.52. The molecule has 0 saturated carbocycles. The maximum absolute atomic E-state index is 12.7. The molecule has 0 fully saturated rings. The van der Waals surface area contributed by atoms with Gasteiger partial charge < -0.3 is 18.6 Å². The second kappa shape index (κ2) is 8.41. The highest BCUT2D eigenvalue weighted by molar-refractivity contribution is 5.90. The minimum absolute atomic E-state index is 0.222. The highest BCUT2D eigenvalue weighted by Gasteiger charge is 2.50. The van der Waals surface area contributed by atoms with Gasteiger partial charge >= 0.3 is 17.6 Å². The Morgan fingerprint density at radius 2 is 1.55 bits per heavy atom. The molecule has 2 aromatic rings. The molecule has 0 radical (unpaired) electrons. The predicted molar refractivity (Wildman–Crippen MR) is 115 cm³/mol. The van der Waals surface area contributed by atoms with Crippen LogP contribution in [0.15, 0.2) is 56.8 Å². The molecule has 7 heteroatoms. The number of benzene rings is 1. The first-order valence-corrected chi connectivity index (χ1v) is 10.0. The normalized spacial score (nSPS) is 20.6. The van der Waals surface area contributed by atoms with Gasteiger partial charge in [0.1, 0.15) is 16.9 Å². The van der Waals surface area contributed by atoms with Crippen molar-refractivity contribution in [3.63, 3.8) is 0 Å². The Hall–Kier alpha value is -3.35. The number of hydrogen-bond donors (Lipinski definition) is 0. The zero-order chi connectivity index (χ0) is 22.9. The molecule has 7 nitrogen and oxygen atoms in total. The summed E-state index contributed by atoms with van der Waals surface area (Å²) in [5, 5.41) is 0.625. The van der Waals surface area contributed by atoms with Crippen molar-refractivity contribution in [2.24, 2.45) is 0 Å². The van der Waals surface area contributed by atoms with E-state index >= 15 is 0 Å². The van der Waals surface area contributed by atoms with Gasteiger partial charge in [0.25, 0.3) is 0 Å². The van der Waals surface area contributed by atoms with Crippen molar-refractivity contribution in [2.45, 2.75) is 59.4 Å². The molecule has 164 valence electrons. The molecule has 2 atom stereocenters. The molecule has 3 rings (SSSR count). The van der Waals surface area contributed by atoms with Gasteiger partial charge in [-0.05, 0) is 59.7 Å². The highest BCUT2D eigenvalue weighted by Crippen LogP contribution is 2.46. The van der Waals surface area contributed by atoms with Crippen LogP contribution in [0.2, 0.25) is 0 Å². The number of hydrogen-bond acceptors (Lipinski definition) is 7. The molecule has 0 saturated heterocycles. The standard InChI is InChI=1S/C24H26O7/c1-7-13(3)22(26)29-20-18-16(11-9-15-10-12-17(25)28-19(15)18)31-24(5,6)21(20)30-23(27)14(4)8-2/h7-12,20-21H,1-6H3/b13-7-,14-8-/t20-,21+/m1/s1. The number of carbonyl (C=O) groups is 2. The fraction of sp³-hybridized carbons (Fsp3) is 0.375.